The molecule has 0 radical (unpaired) electrons. The Balaban J connectivity index is 1.38. The summed E-state index contributed by atoms with van der Waals surface area (Å²) < 4.78 is 4.05. The van der Waals surface area contributed by atoms with Gasteiger partial charge in [-0.25, -0.2) is 9.97 Å². The molecule has 190 valence electrons. The van der Waals surface area contributed by atoms with E-state index in [-0.39, 0.29) is 0 Å². The number of nitrogens with one attached hydrogen (secondary N) is 1. The van der Waals surface area contributed by atoms with E-state index in [1.54, 1.807) is 0 Å². The topological polar surface area (TPSA) is 116 Å². The number of H-pyrrole nitrogens is 1. The maximum Gasteiger partial charge on any atom is 0.205 e. The molecule has 10 heteroatoms. The highest BCUT2D eigenvalue weighted by Crippen LogP contribution is 2.34. The van der Waals surface area contributed by atoms with Gasteiger partial charge in [-0.3, -0.25) is 4.68 Å². The van der Waals surface area contributed by atoms with Gasteiger partial charge in [-0.05, 0) is 66.4 Å². The van der Waals surface area contributed by atoms with Gasteiger partial charge in [-0.1, -0.05) is 42.5 Å². The molecule has 2 aromatic carbocycles. The summed E-state index contributed by atoms with van der Waals surface area (Å²) in [6, 6.07) is 16.8. The summed E-state index contributed by atoms with van der Waals surface area (Å²) in [5.74, 6) is 1.58. The maximum atomic E-state index is 4.88. The van der Waals surface area contributed by atoms with E-state index in [0.29, 0.717) is 12.4 Å². The molecule has 1 N–H and O–H groups in total. The van der Waals surface area contributed by atoms with Crippen molar-refractivity contribution in [3.8, 4) is 33.8 Å². The molecular formula is C28H28N10. The maximum absolute atomic E-state index is 4.88. The lowest BCUT2D eigenvalue weighted by atomic mass is 9.95. The summed E-state index contributed by atoms with van der Waals surface area (Å²) in [5.41, 5.74) is 9.99. The predicted octanol–water partition coefficient (Wildman–Crippen LogP) is 4.78. The summed E-state index contributed by atoms with van der Waals surface area (Å²) in [6.45, 7) is 9.77. The molecule has 0 saturated carbocycles. The Morgan fingerprint density at radius 2 is 1.68 bits per heavy atom. The lowest BCUT2D eigenvalue weighted by molar-refractivity contribution is 0.627. The zero-order valence-electron chi connectivity index (χ0n) is 21.8. The quantitative estimate of drug-likeness (QED) is 0.332. The molecule has 38 heavy (non-hydrogen) atoms. The number of fused-ring (bicyclic) bond motifs is 1. The molecule has 0 saturated heterocycles. The lowest BCUT2D eigenvalue weighted by Crippen LogP contribution is -2.05. The third-order valence-electron chi connectivity index (χ3n) is 6.79. The van der Waals surface area contributed by atoms with E-state index in [4.69, 9.17) is 9.97 Å². The first kappa shape index (κ1) is 23.7. The number of aromatic amines is 1. The second kappa shape index (κ2) is 9.62. The Bertz CT molecular complexity index is 1730. The van der Waals surface area contributed by atoms with Crippen LogP contribution in [0.2, 0.25) is 0 Å². The van der Waals surface area contributed by atoms with Gasteiger partial charge in [0.25, 0.3) is 0 Å². The minimum atomic E-state index is 0.544. The van der Waals surface area contributed by atoms with Crippen LogP contribution in [-0.4, -0.2) is 50.2 Å². The smallest absolute Gasteiger partial charge is 0.205 e. The number of pyridine rings is 1. The predicted molar refractivity (Wildman–Crippen MR) is 145 cm³/mol. The Hall–Kier alpha value is -4.73. The SMILES string of the molecule is CCc1nc2c(C)cc(C)nc2n1Cc1ccc(-c2cc(-c3cn(CC)nn3)ccc2-c2nn[nH]n2)cc1. The Morgan fingerprint density at radius 3 is 2.39 bits per heavy atom. The van der Waals surface area contributed by atoms with Crippen LogP contribution in [0.5, 0.6) is 0 Å². The zero-order valence-corrected chi connectivity index (χ0v) is 21.8. The van der Waals surface area contributed by atoms with Gasteiger partial charge in [0.05, 0.1) is 12.7 Å². The first-order valence-corrected chi connectivity index (χ1v) is 12.7. The minimum Gasteiger partial charge on any atom is -0.308 e. The van der Waals surface area contributed by atoms with Crippen LogP contribution in [-0.2, 0) is 19.5 Å². The van der Waals surface area contributed by atoms with Crippen molar-refractivity contribution in [2.45, 2.75) is 47.2 Å². The molecular weight excluding hydrogens is 476 g/mol. The van der Waals surface area contributed by atoms with Gasteiger partial charge in [0.15, 0.2) is 5.65 Å². The number of tetrazole rings is 1. The summed E-state index contributed by atoms with van der Waals surface area (Å²) in [6.07, 6.45) is 2.80. The largest absolute Gasteiger partial charge is 0.308 e. The molecule has 0 aliphatic carbocycles. The van der Waals surface area contributed by atoms with E-state index in [1.807, 2.05) is 36.9 Å². The van der Waals surface area contributed by atoms with Crippen molar-refractivity contribution in [1.82, 2.24) is 50.2 Å². The van der Waals surface area contributed by atoms with Crippen molar-refractivity contribution in [2.75, 3.05) is 0 Å². The van der Waals surface area contributed by atoms with Crippen molar-refractivity contribution < 1.29 is 0 Å². The van der Waals surface area contributed by atoms with Crippen LogP contribution in [0.4, 0.5) is 0 Å². The number of rotatable bonds is 7. The average molecular weight is 505 g/mol. The van der Waals surface area contributed by atoms with Crippen LogP contribution in [0, 0.1) is 13.8 Å². The molecule has 10 nitrogen and oxygen atoms in total. The third-order valence-corrected chi connectivity index (χ3v) is 6.79. The van der Waals surface area contributed by atoms with Crippen molar-refractivity contribution >= 4 is 11.2 Å². The average Bonchev–Trinajstić information content (AvgIpc) is 3.70. The van der Waals surface area contributed by atoms with Crippen LogP contribution < -0.4 is 0 Å². The van der Waals surface area contributed by atoms with Gasteiger partial charge in [0, 0.05) is 29.8 Å². The Morgan fingerprint density at radius 1 is 0.868 bits per heavy atom. The Labute approximate surface area is 219 Å². The molecule has 0 aliphatic rings. The third kappa shape index (κ3) is 4.23. The molecule has 0 aliphatic heterocycles. The van der Waals surface area contributed by atoms with Crippen molar-refractivity contribution in [1.29, 1.82) is 0 Å². The summed E-state index contributed by atoms with van der Waals surface area (Å²) in [5, 5.41) is 23.3. The minimum absolute atomic E-state index is 0.544. The number of aromatic nitrogens is 10. The Kier molecular flexibility index (Phi) is 5.99. The first-order valence-electron chi connectivity index (χ1n) is 12.7. The van der Waals surface area contributed by atoms with Gasteiger partial charge in [0.2, 0.25) is 5.82 Å². The molecule has 0 bridgehead atoms. The highest BCUT2D eigenvalue weighted by atomic mass is 15.5. The van der Waals surface area contributed by atoms with Crippen LogP contribution in [0.25, 0.3) is 44.9 Å². The second-order valence-electron chi connectivity index (χ2n) is 9.37. The molecule has 0 fully saturated rings. The summed E-state index contributed by atoms with van der Waals surface area (Å²) in [7, 11) is 0. The van der Waals surface area contributed by atoms with Crippen molar-refractivity contribution in [2.24, 2.45) is 0 Å². The molecule has 6 aromatic rings. The zero-order chi connectivity index (χ0) is 26.2. The van der Waals surface area contributed by atoms with Gasteiger partial charge < -0.3 is 4.57 Å². The number of hydrogen-bond acceptors (Lipinski definition) is 7. The normalized spacial score (nSPS) is 11.5. The van der Waals surface area contributed by atoms with Gasteiger partial charge in [0.1, 0.15) is 17.0 Å². The van der Waals surface area contributed by atoms with E-state index in [0.717, 1.165) is 69.2 Å². The first-order chi connectivity index (χ1) is 18.5. The van der Waals surface area contributed by atoms with Gasteiger partial charge >= 0.3 is 0 Å². The molecule has 0 amide bonds. The summed E-state index contributed by atoms with van der Waals surface area (Å²) >= 11 is 0. The van der Waals surface area contributed by atoms with E-state index in [2.05, 4.69) is 85.7 Å². The fourth-order valence-electron chi connectivity index (χ4n) is 4.86. The highest BCUT2D eigenvalue weighted by Gasteiger charge is 2.16. The van der Waals surface area contributed by atoms with Crippen molar-refractivity contribution in [3.05, 3.63) is 77.4 Å². The number of benzene rings is 2. The number of hydrogen-bond donors (Lipinski definition) is 1. The lowest BCUT2D eigenvalue weighted by Gasteiger charge is -2.12. The number of imidazole rings is 1. The van der Waals surface area contributed by atoms with E-state index < -0.39 is 0 Å². The van der Waals surface area contributed by atoms with Crippen LogP contribution >= 0.6 is 0 Å². The molecule has 6 rings (SSSR count). The fraction of sp³-hybridized carbons (Fsp3) is 0.250. The van der Waals surface area contributed by atoms with Crippen LogP contribution in [0.3, 0.4) is 0 Å². The van der Waals surface area contributed by atoms with E-state index in [1.165, 1.54) is 5.56 Å². The van der Waals surface area contributed by atoms with E-state index in [9.17, 15) is 0 Å². The molecule has 0 spiro atoms. The molecule has 4 aromatic heterocycles. The number of nitrogens with zero attached hydrogens (tertiary/aromatic N) is 9. The fourth-order valence-corrected chi connectivity index (χ4v) is 4.86. The molecule has 0 unspecified atom stereocenters. The standard InChI is InChI=1S/C28H28N10/c1-5-25-30-26-17(3)13-18(4)29-28(26)38(25)15-19-7-9-20(10-8-19)23-14-21(24-16-37(6-2)36-31-24)11-12-22(23)27-32-34-35-33-27/h7-14,16H,5-6,15H2,1-4H3,(H,32,33,34,35). The van der Waals surface area contributed by atoms with Crippen LogP contribution in [0.15, 0.2) is 54.7 Å². The summed E-state index contributed by atoms with van der Waals surface area (Å²) in [4.78, 5) is 9.70. The molecule has 0 atom stereocenters. The highest BCUT2D eigenvalue weighted by molar-refractivity contribution is 5.84. The number of aryl methyl sites for hydroxylation is 4. The molecule has 4 heterocycles. The van der Waals surface area contributed by atoms with Gasteiger partial charge in [-0.2, -0.15) is 5.21 Å². The van der Waals surface area contributed by atoms with E-state index >= 15 is 0 Å². The monoisotopic (exact) mass is 504 g/mol. The van der Waals surface area contributed by atoms with Crippen molar-refractivity contribution in [3.63, 3.8) is 0 Å². The van der Waals surface area contributed by atoms with Gasteiger partial charge in [-0.15, -0.1) is 15.3 Å². The second-order valence-corrected chi connectivity index (χ2v) is 9.37. The van der Waals surface area contributed by atoms with Crippen LogP contribution in [0.1, 0.15) is 36.5 Å².